The predicted molar refractivity (Wildman–Crippen MR) is 124 cm³/mol. The molecule has 4 rings (SSSR count). The maximum absolute atomic E-state index is 12.6. The van der Waals surface area contributed by atoms with E-state index >= 15 is 0 Å². The fourth-order valence-electron chi connectivity index (χ4n) is 3.59. The van der Waals surface area contributed by atoms with Gasteiger partial charge in [0.15, 0.2) is 0 Å². The van der Waals surface area contributed by atoms with Crippen LogP contribution in [0.5, 0.6) is 0 Å². The summed E-state index contributed by atoms with van der Waals surface area (Å²) < 4.78 is 0. The number of carbonyl (C=O) groups excluding carboxylic acids is 2. The highest BCUT2D eigenvalue weighted by atomic mass is 32.1. The lowest BCUT2D eigenvalue weighted by Crippen LogP contribution is -2.24. The van der Waals surface area contributed by atoms with E-state index in [1.807, 2.05) is 55.5 Å². The summed E-state index contributed by atoms with van der Waals surface area (Å²) in [5, 5.41) is 12.4. The molecule has 0 saturated carbocycles. The first-order chi connectivity index (χ1) is 14.7. The van der Waals surface area contributed by atoms with Crippen molar-refractivity contribution in [2.75, 3.05) is 16.8 Å². The Morgan fingerprint density at radius 2 is 1.74 bits per heavy atom. The Morgan fingerprint density at radius 1 is 1.06 bits per heavy atom. The Balaban J connectivity index is 1.42. The highest BCUT2D eigenvalue weighted by Gasteiger charge is 2.34. The maximum Gasteiger partial charge on any atom is 0.257 e. The zero-order valence-electron chi connectivity index (χ0n) is 18.2. The molecule has 1 N–H and O–H groups in total. The van der Waals surface area contributed by atoms with Crippen molar-refractivity contribution in [1.82, 2.24) is 10.2 Å². The van der Waals surface area contributed by atoms with Crippen LogP contribution in [0.1, 0.15) is 59.6 Å². The summed E-state index contributed by atoms with van der Waals surface area (Å²) in [6.07, 6.45) is 0.394. The summed E-state index contributed by atoms with van der Waals surface area (Å²) in [5.41, 5.74) is 3.84. The van der Waals surface area contributed by atoms with Crippen LogP contribution in [0.25, 0.3) is 0 Å². The molecule has 7 heteroatoms. The smallest absolute Gasteiger partial charge is 0.257 e. The van der Waals surface area contributed by atoms with E-state index in [0.717, 1.165) is 16.3 Å². The number of hydrogen-bond acceptors (Lipinski definition) is 5. The van der Waals surface area contributed by atoms with Gasteiger partial charge in [0.2, 0.25) is 11.0 Å². The third-order valence-electron chi connectivity index (χ3n) is 5.49. The van der Waals surface area contributed by atoms with Crippen molar-refractivity contribution >= 4 is 34.0 Å². The van der Waals surface area contributed by atoms with E-state index in [1.165, 1.54) is 16.9 Å². The van der Waals surface area contributed by atoms with Crippen LogP contribution in [0.2, 0.25) is 0 Å². The van der Waals surface area contributed by atoms with E-state index in [9.17, 15) is 9.59 Å². The molecular formula is C24H26N4O2S. The van der Waals surface area contributed by atoms with Gasteiger partial charge in [0.25, 0.3) is 5.91 Å². The summed E-state index contributed by atoms with van der Waals surface area (Å²) in [7, 11) is 0. The van der Waals surface area contributed by atoms with Gasteiger partial charge in [-0.1, -0.05) is 61.9 Å². The van der Waals surface area contributed by atoms with Gasteiger partial charge in [0.1, 0.15) is 5.01 Å². The summed E-state index contributed by atoms with van der Waals surface area (Å²) >= 11 is 1.33. The zero-order valence-corrected chi connectivity index (χ0v) is 19.0. The van der Waals surface area contributed by atoms with Gasteiger partial charge in [-0.05, 0) is 42.2 Å². The SMILES string of the molecule is Cc1ccc(N2CC(c3nnc(NC(=O)c4ccc(C(C)(C)C)cc4)s3)CC2=O)cc1. The van der Waals surface area contributed by atoms with E-state index in [4.69, 9.17) is 0 Å². The van der Waals surface area contributed by atoms with Crippen molar-refractivity contribution in [2.24, 2.45) is 0 Å². The summed E-state index contributed by atoms with van der Waals surface area (Å²) in [6.45, 7) is 9.00. The van der Waals surface area contributed by atoms with E-state index in [-0.39, 0.29) is 23.1 Å². The Bertz CT molecular complexity index is 1100. The Labute approximate surface area is 186 Å². The van der Waals surface area contributed by atoms with Gasteiger partial charge in [-0.25, -0.2) is 0 Å². The molecular weight excluding hydrogens is 408 g/mol. The lowest BCUT2D eigenvalue weighted by molar-refractivity contribution is -0.117. The molecule has 1 aromatic heterocycles. The minimum absolute atomic E-state index is 0.0250. The minimum atomic E-state index is -0.216. The molecule has 3 aromatic rings. The van der Waals surface area contributed by atoms with Gasteiger partial charge in [-0.3, -0.25) is 14.9 Å². The van der Waals surface area contributed by atoms with Crippen LogP contribution in [0.15, 0.2) is 48.5 Å². The second kappa shape index (κ2) is 8.23. The maximum atomic E-state index is 12.6. The molecule has 0 aliphatic carbocycles. The quantitative estimate of drug-likeness (QED) is 0.633. The first kappa shape index (κ1) is 21.2. The minimum Gasteiger partial charge on any atom is -0.312 e. The molecule has 1 aliphatic rings. The van der Waals surface area contributed by atoms with E-state index in [1.54, 1.807) is 4.90 Å². The molecule has 2 amide bonds. The van der Waals surface area contributed by atoms with Crippen molar-refractivity contribution < 1.29 is 9.59 Å². The molecule has 1 unspecified atom stereocenters. The number of hydrogen-bond donors (Lipinski definition) is 1. The fraction of sp³-hybridized carbons (Fsp3) is 0.333. The average Bonchev–Trinajstić information content (AvgIpc) is 3.34. The number of aromatic nitrogens is 2. The largest absolute Gasteiger partial charge is 0.312 e. The van der Waals surface area contributed by atoms with Gasteiger partial charge in [-0.2, -0.15) is 0 Å². The molecule has 0 spiro atoms. The second-order valence-electron chi connectivity index (χ2n) is 8.97. The van der Waals surface area contributed by atoms with Crippen molar-refractivity contribution in [2.45, 2.75) is 45.4 Å². The van der Waals surface area contributed by atoms with Crippen LogP contribution >= 0.6 is 11.3 Å². The highest BCUT2D eigenvalue weighted by Crippen LogP contribution is 2.34. The van der Waals surface area contributed by atoms with Gasteiger partial charge < -0.3 is 4.90 Å². The molecule has 1 fully saturated rings. The van der Waals surface area contributed by atoms with Crippen molar-refractivity contribution in [3.8, 4) is 0 Å². The molecule has 2 heterocycles. The second-order valence-corrected chi connectivity index (χ2v) is 9.98. The molecule has 0 radical (unpaired) electrons. The monoisotopic (exact) mass is 434 g/mol. The lowest BCUT2D eigenvalue weighted by atomic mass is 9.87. The van der Waals surface area contributed by atoms with Crippen LogP contribution in [-0.2, 0) is 10.2 Å². The molecule has 1 aliphatic heterocycles. The number of nitrogens with one attached hydrogen (secondary N) is 1. The molecule has 160 valence electrons. The number of anilines is 2. The van der Waals surface area contributed by atoms with Crippen molar-refractivity contribution in [1.29, 1.82) is 0 Å². The number of carbonyl (C=O) groups is 2. The first-order valence-corrected chi connectivity index (χ1v) is 11.1. The number of nitrogens with zero attached hydrogens (tertiary/aromatic N) is 3. The standard InChI is InChI=1S/C24H26N4O2S/c1-15-5-11-19(12-6-15)28-14-17(13-20(28)29)22-26-27-23(31-22)25-21(30)16-7-9-18(10-8-16)24(2,3)4/h5-12,17H,13-14H2,1-4H3,(H,25,27,30). The average molecular weight is 435 g/mol. The van der Waals surface area contributed by atoms with Crippen molar-refractivity contribution in [3.05, 3.63) is 70.2 Å². The van der Waals surface area contributed by atoms with Crippen molar-refractivity contribution in [3.63, 3.8) is 0 Å². The normalized spacial score (nSPS) is 16.6. The van der Waals surface area contributed by atoms with Gasteiger partial charge in [0, 0.05) is 30.1 Å². The fourth-order valence-corrected chi connectivity index (χ4v) is 4.42. The molecule has 1 atom stereocenters. The van der Waals surface area contributed by atoms with Gasteiger partial charge >= 0.3 is 0 Å². The predicted octanol–water partition coefficient (Wildman–Crippen LogP) is 4.92. The molecule has 2 aromatic carbocycles. The first-order valence-electron chi connectivity index (χ1n) is 10.3. The Hall–Kier alpha value is -3.06. The van der Waals surface area contributed by atoms with Crippen LogP contribution in [0.3, 0.4) is 0 Å². The Morgan fingerprint density at radius 3 is 2.39 bits per heavy atom. The number of benzene rings is 2. The highest BCUT2D eigenvalue weighted by molar-refractivity contribution is 7.15. The molecule has 6 nitrogen and oxygen atoms in total. The van der Waals surface area contributed by atoms with Gasteiger partial charge in [-0.15, -0.1) is 10.2 Å². The van der Waals surface area contributed by atoms with Crippen LogP contribution < -0.4 is 10.2 Å². The molecule has 1 saturated heterocycles. The third-order valence-corrected chi connectivity index (χ3v) is 6.50. The van der Waals surface area contributed by atoms with E-state index in [0.29, 0.717) is 23.7 Å². The van der Waals surface area contributed by atoms with Crippen LogP contribution in [0, 0.1) is 6.92 Å². The molecule has 31 heavy (non-hydrogen) atoms. The lowest BCUT2D eigenvalue weighted by Gasteiger charge is -2.18. The van der Waals surface area contributed by atoms with E-state index < -0.39 is 0 Å². The third kappa shape index (κ3) is 4.66. The van der Waals surface area contributed by atoms with Gasteiger partial charge in [0.05, 0.1) is 0 Å². The molecule has 0 bridgehead atoms. The number of amides is 2. The summed E-state index contributed by atoms with van der Waals surface area (Å²) in [5.74, 6) is -0.163. The number of rotatable bonds is 4. The zero-order chi connectivity index (χ0) is 22.2. The van der Waals surface area contributed by atoms with E-state index in [2.05, 4.69) is 36.3 Å². The summed E-state index contributed by atoms with van der Waals surface area (Å²) in [4.78, 5) is 26.9. The topological polar surface area (TPSA) is 75.2 Å². The Kier molecular flexibility index (Phi) is 5.62. The number of aryl methyl sites for hydroxylation is 1. The van der Waals surface area contributed by atoms with Crippen LogP contribution in [-0.4, -0.2) is 28.6 Å². The van der Waals surface area contributed by atoms with Crippen LogP contribution in [0.4, 0.5) is 10.8 Å². The summed E-state index contributed by atoms with van der Waals surface area (Å²) in [6, 6.07) is 15.5.